The Kier molecular flexibility index (Phi) is 5.34. The van der Waals surface area contributed by atoms with E-state index < -0.39 is 0 Å². The van der Waals surface area contributed by atoms with Gasteiger partial charge in [0.15, 0.2) is 0 Å². The molecule has 36 heavy (non-hydrogen) atoms. The molecule has 0 spiro atoms. The Balaban J connectivity index is 1.55. The number of pyridine rings is 1. The second-order valence-electron chi connectivity index (χ2n) is 8.69. The van der Waals surface area contributed by atoms with Crippen LogP contribution in [0.2, 0.25) is 5.02 Å². The number of H-pyrrole nitrogens is 1. The van der Waals surface area contributed by atoms with E-state index >= 15 is 0 Å². The minimum Gasteiger partial charge on any atom is -0.321 e. The number of aromatic nitrogens is 3. The highest BCUT2D eigenvalue weighted by atomic mass is 35.5. The lowest BCUT2D eigenvalue weighted by atomic mass is 9.91. The number of carbonyl (C=O) groups excluding carboxylic acids is 1. The molecule has 5 aromatic rings. The van der Waals surface area contributed by atoms with E-state index in [0.29, 0.717) is 28.2 Å². The van der Waals surface area contributed by atoms with Gasteiger partial charge in [-0.3, -0.25) is 19.6 Å². The summed E-state index contributed by atoms with van der Waals surface area (Å²) < 4.78 is 0. The van der Waals surface area contributed by atoms with Gasteiger partial charge in [0.05, 0.1) is 28.4 Å². The van der Waals surface area contributed by atoms with Crippen molar-refractivity contribution < 1.29 is 4.79 Å². The minimum absolute atomic E-state index is 0.212. The van der Waals surface area contributed by atoms with Gasteiger partial charge in [-0.2, -0.15) is 5.10 Å². The lowest BCUT2D eigenvalue weighted by Crippen LogP contribution is -2.24. The normalized spacial score (nSPS) is 15.4. The average molecular weight is 494 g/mol. The molecule has 1 aliphatic rings. The molecular weight excluding hydrogens is 474 g/mol. The number of benzene rings is 3. The number of carbonyl (C=O) groups is 1. The van der Waals surface area contributed by atoms with E-state index in [2.05, 4.69) is 20.1 Å². The van der Waals surface area contributed by atoms with Gasteiger partial charge < -0.3 is 4.98 Å². The number of halogens is 1. The third-order valence-electron chi connectivity index (χ3n) is 6.44. The highest BCUT2D eigenvalue weighted by molar-refractivity contribution is 6.31. The highest BCUT2D eigenvalue weighted by Gasteiger charge is 2.34. The lowest BCUT2D eigenvalue weighted by molar-refractivity contribution is -0.130. The van der Waals surface area contributed by atoms with Crippen LogP contribution in [0.25, 0.3) is 33.1 Å². The van der Waals surface area contributed by atoms with Crippen molar-refractivity contribution in [2.45, 2.75) is 19.4 Å². The van der Waals surface area contributed by atoms with Crippen LogP contribution in [-0.4, -0.2) is 31.6 Å². The molecule has 7 nitrogen and oxygen atoms in total. The average Bonchev–Trinajstić information content (AvgIpc) is 3.34. The van der Waals surface area contributed by atoms with E-state index in [4.69, 9.17) is 11.6 Å². The molecule has 1 atom stereocenters. The molecule has 6 rings (SSSR count). The summed E-state index contributed by atoms with van der Waals surface area (Å²) in [5.41, 5.74) is 5.37. The first-order valence-electron chi connectivity index (χ1n) is 11.5. The molecule has 1 aliphatic heterocycles. The molecular formula is C28H20ClN5O2. The zero-order valence-corrected chi connectivity index (χ0v) is 20.0. The van der Waals surface area contributed by atoms with Crippen LogP contribution >= 0.6 is 11.6 Å². The van der Waals surface area contributed by atoms with E-state index in [-0.39, 0.29) is 17.5 Å². The molecule has 3 heterocycles. The monoisotopic (exact) mass is 493 g/mol. The third-order valence-corrected chi connectivity index (χ3v) is 6.67. The maximum absolute atomic E-state index is 13.5. The fraction of sp³-hybridized carbons (Fsp3) is 0.107. The van der Waals surface area contributed by atoms with Crippen LogP contribution in [0.3, 0.4) is 0 Å². The molecule has 2 aromatic heterocycles. The van der Waals surface area contributed by atoms with Gasteiger partial charge in [-0.15, -0.1) is 0 Å². The van der Waals surface area contributed by atoms with Crippen LogP contribution in [0.1, 0.15) is 30.5 Å². The molecule has 0 bridgehead atoms. The number of nitrogens with one attached hydrogen (secondary N) is 1. The van der Waals surface area contributed by atoms with E-state index in [1.165, 1.54) is 11.9 Å². The summed E-state index contributed by atoms with van der Waals surface area (Å²) in [5, 5.41) is 7.50. The summed E-state index contributed by atoms with van der Waals surface area (Å²) in [6.45, 7) is 1.47. The Labute approximate surface area is 211 Å². The Morgan fingerprint density at radius 3 is 2.53 bits per heavy atom. The van der Waals surface area contributed by atoms with Crippen LogP contribution in [0.4, 0.5) is 0 Å². The van der Waals surface area contributed by atoms with Gasteiger partial charge in [0, 0.05) is 47.2 Å². The Morgan fingerprint density at radius 2 is 1.75 bits per heavy atom. The minimum atomic E-state index is -0.373. The fourth-order valence-electron chi connectivity index (χ4n) is 4.84. The van der Waals surface area contributed by atoms with E-state index in [0.717, 1.165) is 33.1 Å². The quantitative estimate of drug-likeness (QED) is 0.360. The van der Waals surface area contributed by atoms with E-state index in [1.807, 2.05) is 54.6 Å². The number of rotatable bonds is 3. The summed E-state index contributed by atoms with van der Waals surface area (Å²) in [7, 11) is 0. The third kappa shape index (κ3) is 3.74. The molecule has 0 fully saturated rings. The predicted molar refractivity (Wildman–Crippen MR) is 141 cm³/mol. The smallest absolute Gasteiger partial charge is 0.258 e. The predicted octanol–water partition coefficient (Wildman–Crippen LogP) is 5.49. The molecule has 1 N–H and O–H groups in total. The number of fused-ring (bicyclic) bond motifs is 2. The Bertz CT molecular complexity index is 1750. The van der Waals surface area contributed by atoms with Gasteiger partial charge in [0.2, 0.25) is 5.91 Å². The molecule has 8 heteroatoms. The van der Waals surface area contributed by atoms with Gasteiger partial charge >= 0.3 is 0 Å². The molecule has 176 valence electrons. The fourth-order valence-corrected chi connectivity index (χ4v) is 5.02. The van der Waals surface area contributed by atoms with Crippen LogP contribution in [-0.2, 0) is 4.79 Å². The van der Waals surface area contributed by atoms with Crippen molar-refractivity contribution in [2.75, 3.05) is 0 Å². The van der Waals surface area contributed by atoms with Crippen molar-refractivity contribution in [3.8, 4) is 11.1 Å². The second-order valence-corrected chi connectivity index (χ2v) is 9.13. The van der Waals surface area contributed by atoms with Gasteiger partial charge in [-0.25, -0.2) is 5.01 Å². The topological polar surface area (TPSA) is 91.3 Å². The number of hydrogen-bond donors (Lipinski definition) is 1. The first-order valence-corrected chi connectivity index (χ1v) is 11.9. The van der Waals surface area contributed by atoms with Gasteiger partial charge in [0.25, 0.3) is 5.56 Å². The van der Waals surface area contributed by atoms with Crippen molar-refractivity contribution in [1.82, 2.24) is 20.0 Å². The van der Waals surface area contributed by atoms with Crippen molar-refractivity contribution in [2.24, 2.45) is 5.10 Å². The Hall–Kier alpha value is -4.36. The molecule has 0 saturated carbocycles. The van der Waals surface area contributed by atoms with Gasteiger partial charge in [0.1, 0.15) is 0 Å². The zero-order valence-electron chi connectivity index (χ0n) is 19.3. The largest absolute Gasteiger partial charge is 0.321 e. The molecule has 1 unspecified atom stereocenters. The molecule has 0 radical (unpaired) electrons. The zero-order chi connectivity index (χ0) is 24.8. The maximum atomic E-state index is 13.5. The van der Waals surface area contributed by atoms with Crippen molar-refractivity contribution >= 4 is 45.2 Å². The van der Waals surface area contributed by atoms with E-state index in [1.54, 1.807) is 24.5 Å². The summed E-state index contributed by atoms with van der Waals surface area (Å²) >= 11 is 6.36. The molecule has 3 aromatic carbocycles. The van der Waals surface area contributed by atoms with Crippen LogP contribution < -0.4 is 5.56 Å². The van der Waals surface area contributed by atoms with E-state index in [9.17, 15) is 9.59 Å². The molecule has 0 aliphatic carbocycles. The van der Waals surface area contributed by atoms with Crippen molar-refractivity contribution in [1.29, 1.82) is 0 Å². The van der Waals surface area contributed by atoms with Crippen LogP contribution in [0, 0.1) is 0 Å². The standard InChI is InChI=1S/C28H20ClN5O2/c1-16(35)34-25(18-7-9-22-23(13-18)31-12-11-30-22)15-24(33-34)27-26(17-5-3-2-4-6-17)20-14-19(29)8-10-21(20)32-28(27)36/h2-14,25H,15H2,1H3,(H,32,36). The van der Waals surface area contributed by atoms with Crippen LogP contribution in [0.15, 0.2) is 89.0 Å². The van der Waals surface area contributed by atoms with Gasteiger partial charge in [-0.1, -0.05) is 48.0 Å². The maximum Gasteiger partial charge on any atom is 0.258 e. The number of hydrogen-bond acceptors (Lipinski definition) is 5. The lowest BCUT2D eigenvalue weighted by Gasteiger charge is -2.20. The van der Waals surface area contributed by atoms with Gasteiger partial charge in [-0.05, 0) is 41.5 Å². The summed E-state index contributed by atoms with van der Waals surface area (Å²) in [5.74, 6) is -0.212. The number of hydrazone groups is 1. The summed E-state index contributed by atoms with van der Waals surface area (Å²) in [6.07, 6.45) is 3.65. The SMILES string of the molecule is CC(=O)N1N=C(c2c(-c3ccccc3)c3cc(Cl)ccc3[nH]c2=O)CC1c1ccc2nccnc2c1. The number of nitrogens with zero attached hydrogens (tertiary/aromatic N) is 4. The molecule has 1 amide bonds. The first-order chi connectivity index (χ1) is 17.5. The second kappa shape index (κ2) is 8.70. The number of aromatic amines is 1. The van der Waals surface area contributed by atoms with Crippen molar-refractivity contribution in [3.05, 3.63) is 106 Å². The van der Waals surface area contributed by atoms with Crippen LogP contribution in [0.5, 0.6) is 0 Å². The Morgan fingerprint density at radius 1 is 0.972 bits per heavy atom. The highest BCUT2D eigenvalue weighted by Crippen LogP contribution is 2.37. The molecule has 0 saturated heterocycles. The van der Waals surface area contributed by atoms with Crippen molar-refractivity contribution in [3.63, 3.8) is 0 Å². The first kappa shape index (κ1) is 22.1. The summed E-state index contributed by atoms with van der Waals surface area (Å²) in [6, 6.07) is 20.4. The summed E-state index contributed by atoms with van der Waals surface area (Å²) in [4.78, 5) is 37.9. The number of amides is 1.